The Kier molecular flexibility index (Phi) is 2.96. The number of hydrogen-bond donors (Lipinski definition) is 1. The van der Waals surface area contributed by atoms with Gasteiger partial charge in [-0.2, -0.15) is 0 Å². The molecule has 1 fully saturated rings. The van der Waals surface area contributed by atoms with Crippen molar-refractivity contribution in [2.75, 3.05) is 6.54 Å². The van der Waals surface area contributed by atoms with Crippen molar-refractivity contribution in [3.63, 3.8) is 0 Å². The molecule has 2 heterocycles. The molecule has 0 aromatic carbocycles. The molecule has 0 bridgehead atoms. The second-order valence-electron chi connectivity index (χ2n) is 3.65. The summed E-state index contributed by atoms with van der Waals surface area (Å²) in [6.45, 7) is 3.23. The van der Waals surface area contributed by atoms with Crippen LogP contribution in [0.25, 0.3) is 0 Å². The van der Waals surface area contributed by atoms with Crippen molar-refractivity contribution in [2.45, 2.75) is 38.6 Å². The third kappa shape index (κ3) is 2.29. The molecule has 1 aromatic heterocycles. The lowest BCUT2D eigenvalue weighted by atomic mass is 10.1. The standard InChI is InChI=1S/C10H16N2S/c1-8-12-10(7-13-8)9-5-3-2-4-6-11-9/h7,9,11H,2-6H2,1H3. The maximum Gasteiger partial charge on any atom is 0.0898 e. The summed E-state index contributed by atoms with van der Waals surface area (Å²) in [5, 5.41) is 6.93. The molecule has 1 atom stereocenters. The maximum atomic E-state index is 4.53. The molecule has 1 aliphatic heterocycles. The van der Waals surface area contributed by atoms with Crippen molar-refractivity contribution in [3.8, 4) is 0 Å². The first-order chi connectivity index (χ1) is 6.36. The molecule has 1 unspecified atom stereocenters. The number of rotatable bonds is 1. The Morgan fingerprint density at radius 3 is 3.15 bits per heavy atom. The van der Waals surface area contributed by atoms with Crippen LogP contribution in [0.4, 0.5) is 0 Å². The first kappa shape index (κ1) is 9.16. The lowest BCUT2D eigenvalue weighted by Crippen LogP contribution is -2.20. The van der Waals surface area contributed by atoms with Crippen LogP contribution < -0.4 is 5.32 Å². The molecule has 13 heavy (non-hydrogen) atoms. The molecule has 0 amide bonds. The Balaban J connectivity index is 2.06. The highest BCUT2D eigenvalue weighted by Crippen LogP contribution is 2.23. The maximum absolute atomic E-state index is 4.53. The van der Waals surface area contributed by atoms with Gasteiger partial charge in [-0.25, -0.2) is 4.98 Å². The van der Waals surface area contributed by atoms with Gasteiger partial charge in [0, 0.05) is 5.38 Å². The highest BCUT2D eigenvalue weighted by atomic mass is 32.1. The molecule has 0 spiro atoms. The fraction of sp³-hybridized carbons (Fsp3) is 0.700. The molecule has 3 heteroatoms. The molecule has 2 nitrogen and oxygen atoms in total. The molecule has 1 N–H and O–H groups in total. The fourth-order valence-corrected chi connectivity index (χ4v) is 2.49. The van der Waals surface area contributed by atoms with E-state index in [0.29, 0.717) is 6.04 Å². The molecular weight excluding hydrogens is 180 g/mol. The van der Waals surface area contributed by atoms with E-state index in [4.69, 9.17) is 0 Å². The van der Waals surface area contributed by atoms with Crippen LogP contribution >= 0.6 is 11.3 Å². The van der Waals surface area contributed by atoms with Gasteiger partial charge < -0.3 is 5.32 Å². The molecule has 0 radical (unpaired) electrons. The Morgan fingerprint density at radius 1 is 1.46 bits per heavy atom. The summed E-state index contributed by atoms with van der Waals surface area (Å²) in [6.07, 6.45) is 5.28. The number of thiazole rings is 1. The first-order valence-electron chi connectivity index (χ1n) is 5.01. The van der Waals surface area contributed by atoms with Gasteiger partial charge in [0.1, 0.15) is 0 Å². The zero-order chi connectivity index (χ0) is 9.10. The quantitative estimate of drug-likeness (QED) is 0.747. The van der Waals surface area contributed by atoms with Crippen LogP contribution in [0.15, 0.2) is 5.38 Å². The average Bonchev–Trinajstić information content (AvgIpc) is 2.43. The number of nitrogens with one attached hydrogen (secondary N) is 1. The van der Waals surface area contributed by atoms with Gasteiger partial charge in [-0.05, 0) is 26.3 Å². The van der Waals surface area contributed by atoms with Crippen molar-refractivity contribution >= 4 is 11.3 Å². The van der Waals surface area contributed by atoms with E-state index in [2.05, 4.69) is 22.6 Å². The van der Waals surface area contributed by atoms with Crippen molar-refractivity contribution < 1.29 is 0 Å². The zero-order valence-corrected chi connectivity index (χ0v) is 8.86. The van der Waals surface area contributed by atoms with Gasteiger partial charge in [0.25, 0.3) is 0 Å². The normalized spacial score (nSPS) is 24.2. The summed E-state index contributed by atoms with van der Waals surface area (Å²) >= 11 is 1.75. The third-order valence-electron chi connectivity index (χ3n) is 2.55. The van der Waals surface area contributed by atoms with Crippen LogP contribution in [-0.4, -0.2) is 11.5 Å². The summed E-state index contributed by atoms with van der Waals surface area (Å²) in [6, 6.07) is 0.521. The van der Waals surface area contributed by atoms with E-state index in [0.717, 1.165) is 6.54 Å². The Labute approximate surface area is 83.4 Å². The molecule has 1 saturated heterocycles. The van der Waals surface area contributed by atoms with E-state index in [1.54, 1.807) is 11.3 Å². The van der Waals surface area contributed by atoms with Gasteiger partial charge in [-0.15, -0.1) is 11.3 Å². The SMILES string of the molecule is Cc1nc(C2CCCCCN2)cs1. The van der Waals surface area contributed by atoms with Crippen LogP contribution in [0.5, 0.6) is 0 Å². The van der Waals surface area contributed by atoms with E-state index >= 15 is 0 Å². The third-order valence-corrected chi connectivity index (χ3v) is 3.35. The fourth-order valence-electron chi connectivity index (χ4n) is 1.82. The van der Waals surface area contributed by atoms with Crippen molar-refractivity contribution in [3.05, 3.63) is 16.1 Å². The molecule has 72 valence electrons. The molecule has 0 saturated carbocycles. The smallest absolute Gasteiger partial charge is 0.0898 e. The van der Waals surface area contributed by atoms with Crippen molar-refractivity contribution in [1.82, 2.24) is 10.3 Å². The van der Waals surface area contributed by atoms with E-state index in [1.807, 2.05) is 0 Å². The van der Waals surface area contributed by atoms with Gasteiger partial charge in [0.15, 0.2) is 0 Å². The minimum atomic E-state index is 0.521. The van der Waals surface area contributed by atoms with Crippen LogP contribution in [-0.2, 0) is 0 Å². The summed E-state index contributed by atoms with van der Waals surface area (Å²) in [5.74, 6) is 0. The molecule has 2 rings (SSSR count). The number of nitrogens with zero attached hydrogens (tertiary/aromatic N) is 1. The second kappa shape index (κ2) is 4.20. The number of hydrogen-bond acceptors (Lipinski definition) is 3. The lowest BCUT2D eigenvalue weighted by Gasteiger charge is -2.12. The van der Waals surface area contributed by atoms with Crippen LogP contribution in [0.1, 0.15) is 42.4 Å². The summed E-state index contributed by atoms with van der Waals surface area (Å²) in [4.78, 5) is 4.53. The lowest BCUT2D eigenvalue weighted by molar-refractivity contribution is 0.524. The average molecular weight is 196 g/mol. The van der Waals surface area contributed by atoms with Gasteiger partial charge in [-0.1, -0.05) is 12.8 Å². The van der Waals surface area contributed by atoms with Gasteiger partial charge in [-0.3, -0.25) is 0 Å². The topological polar surface area (TPSA) is 24.9 Å². The summed E-state index contributed by atoms with van der Waals surface area (Å²) in [5.41, 5.74) is 1.25. The number of aromatic nitrogens is 1. The predicted octanol–water partition coefficient (Wildman–Crippen LogP) is 2.66. The summed E-state index contributed by atoms with van der Waals surface area (Å²) < 4.78 is 0. The molecular formula is C10H16N2S. The van der Waals surface area contributed by atoms with Crippen LogP contribution in [0.2, 0.25) is 0 Å². The van der Waals surface area contributed by atoms with E-state index in [1.165, 1.54) is 36.4 Å². The Hall–Kier alpha value is -0.410. The number of aryl methyl sites for hydroxylation is 1. The molecule has 1 aromatic rings. The monoisotopic (exact) mass is 196 g/mol. The second-order valence-corrected chi connectivity index (χ2v) is 4.71. The highest BCUT2D eigenvalue weighted by Gasteiger charge is 2.15. The molecule has 1 aliphatic rings. The predicted molar refractivity (Wildman–Crippen MR) is 56.1 cm³/mol. The van der Waals surface area contributed by atoms with Gasteiger partial charge in [0.2, 0.25) is 0 Å². The van der Waals surface area contributed by atoms with E-state index < -0.39 is 0 Å². The van der Waals surface area contributed by atoms with Crippen LogP contribution in [0.3, 0.4) is 0 Å². The Bertz CT molecular complexity index is 262. The highest BCUT2D eigenvalue weighted by molar-refractivity contribution is 7.09. The van der Waals surface area contributed by atoms with Gasteiger partial charge >= 0.3 is 0 Å². The van der Waals surface area contributed by atoms with E-state index in [9.17, 15) is 0 Å². The van der Waals surface area contributed by atoms with Crippen molar-refractivity contribution in [1.29, 1.82) is 0 Å². The minimum Gasteiger partial charge on any atom is -0.309 e. The van der Waals surface area contributed by atoms with Gasteiger partial charge in [0.05, 0.1) is 16.7 Å². The first-order valence-corrected chi connectivity index (χ1v) is 5.89. The Morgan fingerprint density at radius 2 is 2.38 bits per heavy atom. The largest absolute Gasteiger partial charge is 0.309 e. The molecule has 0 aliphatic carbocycles. The van der Waals surface area contributed by atoms with Crippen LogP contribution in [0, 0.1) is 6.92 Å². The zero-order valence-electron chi connectivity index (χ0n) is 8.05. The summed E-state index contributed by atoms with van der Waals surface area (Å²) in [7, 11) is 0. The van der Waals surface area contributed by atoms with Crippen molar-refractivity contribution in [2.24, 2.45) is 0 Å². The minimum absolute atomic E-state index is 0.521. The van der Waals surface area contributed by atoms with E-state index in [-0.39, 0.29) is 0 Å².